The summed E-state index contributed by atoms with van der Waals surface area (Å²) >= 11 is 1.85. The fourth-order valence-electron chi connectivity index (χ4n) is 17.2. The van der Waals surface area contributed by atoms with E-state index < -0.39 is 0 Å². The summed E-state index contributed by atoms with van der Waals surface area (Å²) in [6.07, 6.45) is 0. The fourth-order valence-corrected chi connectivity index (χ4v) is 18.3. The monoisotopic (exact) mass is 1310 g/mol. The molecule has 0 unspecified atom stereocenters. The van der Waals surface area contributed by atoms with Crippen LogP contribution in [-0.4, -0.2) is 13.4 Å². The first-order valence-electron chi connectivity index (χ1n) is 34.3. The molecule has 23 rings (SSSR count). The number of fused-ring (bicyclic) bond motifs is 19. The van der Waals surface area contributed by atoms with E-state index in [0.717, 1.165) is 180 Å². The van der Waals surface area contributed by atoms with Crippen LogP contribution in [0.5, 0.6) is 23.0 Å². The molecule has 0 spiro atoms. The predicted octanol–water partition coefficient (Wildman–Crippen LogP) is 20.9. The third-order valence-electron chi connectivity index (χ3n) is 21.3. The lowest BCUT2D eigenvalue weighted by Gasteiger charge is -2.44. The number of para-hydroxylation sites is 14. The van der Waals surface area contributed by atoms with Crippen molar-refractivity contribution in [3.8, 4) is 23.0 Å². The van der Waals surface area contributed by atoms with E-state index in [9.17, 15) is 0 Å². The van der Waals surface area contributed by atoms with E-state index in [2.05, 4.69) is 321 Å². The maximum atomic E-state index is 7.48. The molecule has 0 radical (unpaired) electrons. The van der Waals surface area contributed by atoms with Crippen molar-refractivity contribution in [2.45, 2.75) is 0 Å². The van der Waals surface area contributed by atoms with Gasteiger partial charge in [-0.2, -0.15) is 0 Å². The quantitative estimate of drug-likeness (QED) is 0.150. The topological polar surface area (TPSA) is 64.2 Å². The Kier molecular flexibility index (Phi) is 11.3. The zero-order chi connectivity index (χ0) is 65.7. The molecular formula is C88H52B2N6O4S. The van der Waals surface area contributed by atoms with Crippen LogP contribution in [0.25, 0.3) is 42.1 Å². The molecule has 14 aromatic carbocycles. The van der Waals surface area contributed by atoms with E-state index in [1.807, 2.05) is 35.6 Å². The Balaban J connectivity index is 0.811. The molecular weight excluding hydrogens is 1260 g/mol. The van der Waals surface area contributed by atoms with Gasteiger partial charge in [0, 0.05) is 77.0 Å². The summed E-state index contributed by atoms with van der Waals surface area (Å²) in [6, 6.07) is 114. The molecule has 470 valence electrons. The molecule has 6 aliphatic rings. The Morgan fingerprint density at radius 3 is 0.901 bits per heavy atom. The van der Waals surface area contributed by atoms with E-state index in [1.54, 1.807) is 0 Å². The first-order valence-corrected chi connectivity index (χ1v) is 35.1. The number of benzene rings is 14. The minimum Gasteiger partial charge on any atom is -0.468 e. The second kappa shape index (κ2) is 20.7. The van der Waals surface area contributed by atoms with Crippen LogP contribution >= 0.6 is 11.3 Å². The molecule has 0 fully saturated rings. The summed E-state index contributed by atoms with van der Waals surface area (Å²) in [6.45, 7) is -0.675. The largest absolute Gasteiger partial charge is 0.468 e. The molecule has 17 aromatic rings. The third-order valence-corrected chi connectivity index (χ3v) is 22.4. The number of hydrogen-bond donors (Lipinski definition) is 0. The Morgan fingerprint density at radius 2 is 0.535 bits per heavy atom. The summed E-state index contributed by atoms with van der Waals surface area (Å²) in [5, 5.41) is 4.44. The van der Waals surface area contributed by atoms with Gasteiger partial charge in [-0.25, -0.2) is 0 Å². The first kappa shape index (κ1) is 55.0. The van der Waals surface area contributed by atoms with Gasteiger partial charge in [0.25, 0.3) is 13.4 Å². The lowest BCUT2D eigenvalue weighted by Crippen LogP contribution is -2.61. The van der Waals surface area contributed by atoms with Crippen LogP contribution in [0.1, 0.15) is 0 Å². The molecule has 0 bridgehead atoms. The number of ether oxygens (including phenoxy) is 2. The van der Waals surface area contributed by atoms with Crippen LogP contribution in [0.2, 0.25) is 0 Å². The van der Waals surface area contributed by atoms with E-state index in [-0.39, 0.29) is 13.4 Å². The normalized spacial score (nSPS) is 13.9. The van der Waals surface area contributed by atoms with Gasteiger partial charge in [0.2, 0.25) is 0 Å². The Bertz CT molecular complexity index is 5910. The summed E-state index contributed by atoms with van der Waals surface area (Å²) < 4.78 is 30.7. The Labute approximate surface area is 584 Å². The maximum absolute atomic E-state index is 7.48. The average Bonchev–Trinajstić information content (AvgIpc) is 1.67. The molecule has 101 heavy (non-hydrogen) atoms. The molecule has 10 nitrogen and oxygen atoms in total. The van der Waals surface area contributed by atoms with E-state index >= 15 is 0 Å². The molecule has 6 aliphatic heterocycles. The van der Waals surface area contributed by atoms with Gasteiger partial charge in [0.05, 0.1) is 56.8 Å². The smallest absolute Gasteiger partial charge is 0.297 e. The second-order valence-electron chi connectivity index (χ2n) is 26.6. The van der Waals surface area contributed by atoms with Gasteiger partial charge in [0.1, 0.15) is 11.2 Å². The van der Waals surface area contributed by atoms with E-state index in [1.165, 1.54) is 20.2 Å². The van der Waals surface area contributed by atoms with Crippen molar-refractivity contribution in [3.05, 3.63) is 315 Å². The van der Waals surface area contributed by atoms with Crippen molar-refractivity contribution in [1.82, 2.24) is 0 Å². The Morgan fingerprint density at radius 1 is 0.238 bits per heavy atom. The van der Waals surface area contributed by atoms with Crippen LogP contribution in [0, 0.1) is 0 Å². The van der Waals surface area contributed by atoms with Crippen LogP contribution < -0.4 is 72.0 Å². The van der Waals surface area contributed by atoms with Gasteiger partial charge in [-0.05, 0) is 190 Å². The van der Waals surface area contributed by atoms with Gasteiger partial charge in [-0.15, -0.1) is 11.3 Å². The summed E-state index contributed by atoms with van der Waals surface area (Å²) in [5.41, 5.74) is 26.6. The van der Waals surface area contributed by atoms with Gasteiger partial charge in [-0.1, -0.05) is 158 Å². The highest BCUT2D eigenvalue weighted by molar-refractivity contribution is 7.26. The Hall–Kier alpha value is -13.1. The van der Waals surface area contributed by atoms with Crippen LogP contribution in [0.15, 0.2) is 324 Å². The molecule has 3 aromatic heterocycles. The number of rotatable bonds is 6. The molecule has 0 saturated heterocycles. The minimum atomic E-state index is -0.337. The van der Waals surface area contributed by atoms with E-state index in [4.69, 9.17) is 18.3 Å². The highest BCUT2D eigenvalue weighted by atomic mass is 32.1. The number of thiophene rings is 1. The predicted molar refractivity (Wildman–Crippen MR) is 416 cm³/mol. The molecule has 13 heteroatoms. The zero-order valence-corrected chi connectivity index (χ0v) is 54.7. The van der Waals surface area contributed by atoms with Crippen LogP contribution in [0.3, 0.4) is 0 Å². The third kappa shape index (κ3) is 7.72. The molecule has 0 atom stereocenters. The van der Waals surface area contributed by atoms with Crippen LogP contribution in [0.4, 0.5) is 102 Å². The summed E-state index contributed by atoms with van der Waals surface area (Å²) in [4.78, 5) is 14.7. The van der Waals surface area contributed by atoms with Crippen molar-refractivity contribution < 1.29 is 18.3 Å². The second-order valence-corrected chi connectivity index (χ2v) is 27.7. The average molecular weight is 1310 g/mol. The van der Waals surface area contributed by atoms with Crippen molar-refractivity contribution >= 4 is 202 Å². The maximum Gasteiger partial charge on any atom is 0.297 e. The van der Waals surface area contributed by atoms with Gasteiger partial charge in [0.15, 0.2) is 23.0 Å². The summed E-state index contributed by atoms with van der Waals surface area (Å²) in [5.74, 6) is 3.16. The lowest BCUT2D eigenvalue weighted by molar-refractivity contribution is 0.477. The first-order chi connectivity index (χ1) is 50.1. The number of anilines is 18. The highest BCUT2D eigenvalue weighted by Gasteiger charge is 2.50. The fraction of sp³-hybridized carbons (Fsp3) is 0. The standard InChI is InChI=1S/C88H52B2N6O4S/c1-5-25-53(26-6-1)91-69-51-81-61(49-63(69)89-83-71(91)45-57(93-65-35-15-21-41-77(65)97-78-42-22-16-36-66(78)93)47-73(83)95(55-29-9-3-10-30-55)85-59-33-13-19-39-75(59)99-87(85)89)62-50-64-70(52-82(62)101-81)92(54-27-7-2-8-28-54)72-46-58(94-67-37-17-23-43-79(67)98-80-44-24-18-38-68(80)94)48-74-84(72)90(64)88-86(60-34-14-20-40-76(60)100-88)96(74)56-31-11-4-12-32-56/h1-52H. The van der Waals surface area contributed by atoms with Gasteiger partial charge < -0.3 is 47.7 Å². The van der Waals surface area contributed by atoms with Gasteiger partial charge in [-0.3, -0.25) is 0 Å². The van der Waals surface area contributed by atoms with Gasteiger partial charge >= 0.3 is 0 Å². The SMILES string of the molecule is c1ccc(N2c3cc4sc5cc6c(cc5c4cc3B3c4oc5ccccc5c4N(c4ccccc4)c4cc(N5c7ccccc7Oc7ccccc75)cc2c43)B2c3oc4ccccc4c3N(c3ccccc3)c3cc(N4c5ccccc5Oc5ccccc54)cc(c32)N6c2ccccc2)cc1. The van der Waals surface area contributed by atoms with E-state index in [0.29, 0.717) is 0 Å². The zero-order valence-electron chi connectivity index (χ0n) is 53.9. The van der Waals surface area contributed by atoms with Crippen molar-refractivity contribution in [2.75, 3.05) is 29.4 Å². The van der Waals surface area contributed by atoms with Crippen LogP contribution in [-0.2, 0) is 0 Å². The number of hydrogen-bond acceptors (Lipinski definition) is 11. The van der Waals surface area contributed by atoms with Crippen molar-refractivity contribution in [3.63, 3.8) is 0 Å². The number of furan rings is 2. The molecule has 9 heterocycles. The minimum absolute atomic E-state index is 0.337. The molecule has 0 amide bonds. The molecule has 0 N–H and O–H groups in total. The molecule has 0 aliphatic carbocycles. The van der Waals surface area contributed by atoms with Crippen molar-refractivity contribution in [2.24, 2.45) is 0 Å². The summed E-state index contributed by atoms with van der Waals surface area (Å²) in [7, 11) is 0. The highest BCUT2D eigenvalue weighted by Crippen LogP contribution is 2.58. The van der Waals surface area contributed by atoms with Crippen molar-refractivity contribution in [1.29, 1.82) is 0 Å². The molecule has 0 saturated carbocycles. The number of nitrogens with zero attached hydrogens (tertiary/aromatic N) is 6. The lowest BCUT2D eigenvalue weighted by atomic mass is 9.35.